The normalized spacial score (nSPS) is 26.0. The number of aliphatic carboxylic acids is 1. The zero-order valence-electron chi connectivity index (χ0n) is 14.8. The number of carbonyl (C=O) groups is 1. The molecule has 2 aromatic rings. The van der Waals surface area contributed by atoms with Crippen molar-refractivity contribution >= 4 is 16.0 Å². The molecule has 1 saturated heterocycles. The highest BCUT2D eigenvalue weighted by Crippen LogP contribution is 2.43. The quantitative estimate of drug-likeness (QED) is 0.834. The zero-order chi connectivity index (χ0) is 19.0. The molecule has 0 bridgehead atoms. The summed E-state index contributed by atoms with van der Waals surface area (Å²) in [6.07, 6.45) is 6.88. The van der Waals surface area contributed by atoms with Gasteiger partial charge in [0.15, 0.2) is 0 Å². The van der Waals surface area contributed by atoms with Crippen molar-refractivity contribution in [1.82, 2.24) is 19.1 Å². The molecule has 2 heterocycles. The van der Waals surface area contributed by atoms with Gasteiger partial charge in [-0.3, -0.25) is 4.79 Å². The summed E-state index contributed by atoms with van der Waals surface area (Å²) in [5.74, 6) is -0.946. The number of rotatable bonds is 5. The van der Waals surface area contributed by atoms with E-state index < -0.39 is 22.0 Å². The topological polar surface area (TPSA) is 105 Å². The van der Waals surface area contributed by atoms with Gasteiger partial charge in [0.1, 0.15) is 18.7 Å². The largest absolute Gasteiger partial charge is 0.480 e. The Bertz CT molecular complexity index is 929. The van der Waals surface area contributed by atoms with E-state index in [2.05, 4.69) is 10.1 Å². The van der Waals surface area contributed by atoms with E-state index in [1.807, 2.05) is 0 Å². The molecule has 1 aliphatic heterocycles. The number of nitrogens with zero attached hydrogens (tertiary/aromatic N) is 4. The molecule has 0 amide bonds. The Morgan fingerprint density at radius 1 is 1.22 bits per heavy atom. The van der Waals surface area contributed by atoms with E-state index in [1.54, 1.807) is 28.9 Å². The van der Waals surface area contributed by atoms with Crippen molar-refractivity contribution < 1.29 is 18.3 Å². The third-order valence-corrected chi connectivity index (χ3v) is 7.68. The lowest BCUT2D eigenvalue weighted by molar-refractivity contribution is -0.141. The van der Waals surface area contributed by atoms with Crippen molar-refractivity contribution in [2.75, 3.05) is 0 Å². The van der Waals surface area contributed by atoms with Crippen molar-refractivity contribution in [2.45, 2.75) is 55.6 Å². The van der Waals surface area contributed by atoms with E-state index in [0.717, 1.165) is 25.7 Å². The van der Waals surface area contributed by atoms with E-state index in [9.17, 15) is 18.3 Å². The number of aromatic nitrogens is 3. The molecule has 27 heavy (non-hydrogen) atoms. The van der Waals surface area contributed by atoms with Crippen LogP contribution in [0.4, 0.5) is 0 Å². The van der Waals surface area contributed by atoms with Crippen LogP contribution in [-0.2, 0) is 21.4 Å². The molecule has 1 aliphatic carbocycles. The standard InChI is InChI=1S/C18H22N4O4S/c23-18(24)16-9-13-5-1-3-7-15(13)22(16)27(25,26)17-8-4-2-6-14(17)10-21-12-19-11-20-21/h2,4,6,8,11-13,15-16H,1,3,5,7,9-10H2,(H,23,24). The van der Waals surface area contributed by atoms with Gasteiger partial charge >= 0.3 is 5.97 Å². The Morgan fingerprint density at radius 2 is 2.00 bits per heavy atom. The predicted octanol–water partition coefficient (Wildman–Crippen LogP) is 1.73. The van der Waals surface area contributed by atoms with Crippen LogP contribution in [0, 0.1) is 5.92 Å². The first-order valence-corrected chi connectivity index (χ1v) is 10.6. The highest BCUT2D eigenvalue weighted by Gasteiger charge is 2.51. The number of benzene rings is 1. The molecule has 2 aliphatic rings. The van der Waals surface area contributed by atoms with Gasteiger partial charge in [-0.05, 0) is 36.8 Å². The summed E-state index contributed by atoms with van der Waals surface area (Å²) in [6, 6.07) is 5.50. The molecule has 0 spiro atoms. The van der Waals surface area contributed by atoms with E-state index in [0.29, 0.717) is 12.0 Å². The van der Waals surface area contributed by atoms with Crippen LogP contribution in [-0.4, -0.2) is 50.6 Å². The zero-order valence-corrected chi connectivity index (χ0v) is 15.6. The Morgan fingerprint density at radius 3 is 2.74 bits per heavy atom. The van der Waals surface area contributed by atoms with E-state index >= 15 is 0 Å². The van der Waals surface area contributed by atoms with Gasteiger partial charge < -0.3 is 5.11 Å². The van der Waals surface area contributed by atoms with Gasteiger partial charge in [0.05, 0.1) is 11.4 Å². The van der Waals surface area contributed by atoms with Crippen LogP contribution >= 0.6 is 0 Å². The first-order chi connectivity index (χ1) is 13.0. The van der Waals surface area contributed by atoms with Gasteiger partial charge in [0, 0.05) is 6.04 Å². The molecular formula is C18H22N4O4S. The Balaban J connectivity index is 1.75. The maximum atomic E-state index is 13.6. The van der Waals surface area contributed by atoms with Gasteiger partial charge in [-0.25, -0.2) is 18.1 Å². The molecule has 4 rings (SSSR count). The van der Waals surface area contributed by atoms with Crippen molar-refractivity contribution in [3.63, 3.8) is 0 Å². The number of carboxylic acids is 1. The monoisotopic (exact) mass is 390 g/mol. The maximum absolute atomic E-state index is 13.6. The molecule has 1 aromatic heterocycles. The van der Waals surface area contributed by atoms with Crippen LogP contribution in [0.15, 0.2) is 41.8 Å². The molecule has 9 heteroatoms. The number of carboxylic acid groups (broad SMARTS) is 1. The van der Waals surface area contributed by atoms with Gasteiger partial charge in [-0.15, -0.1) is 0 Å². The second-order valence-electron chi connectivity index (χ2n) is 7.24. The highest BCUT2D eigenvalue weighted by molar-refractivity contribution is 7.89. The maximum Gasteiger partial charge on any atom is 0.322 e. The van der Waals surface area contributed by atoms with E-state index in [4.69, 9.17) is 0 Å². The summed E-state index contributed by atoms with van der Waals surface area (Å²) >= 11 is 0. The van der Waals surface area contributed by atoms with Crippen molar-refractivity contribution in [2.24, 2.45) is 5.92 Å². The molecule has 0 radical (unpaired) electrons. The molecule has 144 valence electrons. The minimum atomic E-state index is -3.95. The minimum Gasteiger partial charge on any atom is -0.480 e. The number of fused-ring (bicyclic) bond motifs is 1. The van der Waals surface area contributed by atoms with Crippen molar-refractivity contribution in [1.29, 1.82) is 0 Å². The lowest BCUT2D eigenvalue weighted by Crippen LogP contribution is -2.46. The summed E-state index contributed by atoms with van der Waals surface area (Å²) in [7, 11) is -3.95. The average molecular weight is 390 g/mol. The minimum absolute atomic E-state index is 0.122. The Kier molecular flexibility index (Phi) is 4.73. The fourth-order valence-corrected chi connectivity index (χ4v) is 6.55. The van der Waals surface area contributed by atoms with Gasteiger partial charge in [-0.1, -0.05) is 31.0 Å². The summed E-state index contributed by atoms with van der Waals surface area (Å²) in [6.45, 7) is 0.259. The van der Waals surface area contributed by atoms with Crippen LogP contribution in [0.3, 0.4) is 0 Å². The second-order valence-corrected chi connectivity index (χ2v) is 9.05. The van der Waals surface area contributed by atoms with Gasteiger partial charge in [-0.2, -0.15) is 9.40 Å². The molecule has 1 aromatic carbocycles. The molecule has 1 saturated carbocycles. The van der Waals surface area contributed by atoms with Crippen LogP contribution in [0.1, 0.15) is 37.7 Å². The number of hydrogen-bond acceptors (Lipinski definition) is 5. The third kappa shape index (κ3) is 3.25. The summed E-state index contributed by atoms with van der Waals surface area (Å²) in [5.41, 5.74) is 0.575. The fourth-order valence-electron chi connectivity index (χ4n) is 4.46. The Hall–Kier alpha value is -2.26. The van der Waals surface area contributed by atoms with E-state index in [1.165, 1.54) is 17.0 Å². The lowest BCUT2D eigenvalue weighted by atomic mass is 9.85. The second kappa shape index (κ2) is 7.05. The average Bonchev–Trinajstić information content (AvgIpc) is 3.29. The first-order valence-electron chi connectivity index (χ1n) is 9.15. The predicted molar refractivity (Wildman–Crippen MR) is 96.4 cm³/mol. The van der Waals surface area contributed by atoms with Crippen LogP contribution in [0.25, 0.3) is 0 Å². The fraction of sp³-hybridized carbons (Fsp3) is 0.500. The smallest absolute Gasteiger partial charge is 0.322 e. The first kappa shape index (κ1) is 18.1. The van der Waals surface area contributed by atoms with Crippen LogP contribution < -0.4 is 0 Å². The summed E-state index contributed by atoms with van der Waals surface area (Å²) in [5, 5.41) is 13.7. The molecular weight excluding hydrogens is 368 g/mol. The van der Waals surface area contributed by atoms with Gasteiger partial charge in [0.2, 0.25) is 10.0 Å². The molecule has 1 N–H and O–H groups in total. The van der Waals surface area contributed by atoms with E-state index in [-0.39, 0.29) is 23.4 Å². The Labute approximate surface area is 157 Å². The SMILES string of the molecule is O=C(O)C1CC2CCCCC2N1S(=O)(=O)c1ccccc1Cn1cncn1. The molecule has 2 fully saturated rings. The number of hydrogen-bond donors (Lipinski definition) is 1. The molecule has 3 unspecified atom stereocenters. The van der Waals surface area contributed by atoms with Gasteiger partial charge in [0.25, 0.3) is 0 Å². The molecule has 8 nitrogen and oxygen atoms in total. The molecule has 3 atom stereocenters. The number of sulfonamides is 1. The highest BCUT2D eigenvalue weighted by atomic mass is 32.2. The van der Waals surface area contributed by atoms with Crippen molar-refractivity contribution in [3.05, 3.63) is 42.5 Å². The summed E-state index contributed by atoms with van der Waals surface area (Å²) in [4.78, 5) is 15.9. The third-order valence-electron chi connectivity index (χ3n) is 5.64. The van der Waals surface area contributed by atoms with Crippen molar-refractivity contribution in [3.8, 4) is 0 Å². The summed E-state index contributed by atoms with van der Waals surface area (Å²) < 4.78 is 30.0. The van der Waals surface area contributed by atoms with Crippen LogP contribution in [0.2, 0.25) is 0 Å². The van der Waals surface area contributed by atoms with Crippen LogP contribution in [0.5, 0.6) is 0 Å². The lowest BCUT2D eigenvalue weighted by Gasteiger charge is -2.32.